The first kappa shape index (κ1) is 20.7. The van der Waals surface area contributed by atoms with E-state index in [-0.39, 0.29) is 11.5 Å². The lowest BCUT2D eigenvalue weighted by molar-refractivity contribution is -0.105. The Kier molecular flexibility index (Phi) is 4.94. The summed E-state index contributed by atoms with van der Waals surface area (Å²) < 4.78 is 14.1. The van der Waals surface area contributed by atoms with Crippen LogP contribution in [-0.4, -0.2) is 21.2 Å². The highest BCUT2D eigenvalue weighted by Crippen LogP contribution is 2.46. The Labute approximate surface area is 195 Å². The topological polar surface area (TPSA) is 82.4 Å². The van der Waals surface area contributed by atoms with Gasteiger partial charge in [0, 0.05) is 37.6 Å². The lowest BCUT2D eigenvalue weighted by Gasteiger charge is -2.31. The second-order valence-corrected chi connectivity index (χ2v) is 10.3. The van der Waals surface area contributed by atoms with Crippen LogP contribution >= 0.6 is 11.3 Å². The van der Waals surface area contributed by atoms with Crippen LogP contribution in [0.5, 0.6) is 11.5 Å². The number of thiophene rings is 1. The molecule has 1 aliphatic carbocycles. The number of carbonyl (C=O) groups is 1. The van der Waals surface area contributed by atoms with E-state index in [2.05, 4.69) is 5.32 Å². The summed E-state index contributed by atoms with van der Waals surface area (Å²) in [7, 11) is 0. The monoisotopic (exact) mass is 465 g/mol. The van der Waals surface area contributed by atoms with Crippen LogP contribution in [0.15, 0.2) is 23.0 Å². The van der Waals surface area contributed by atoms with Gasteiger partial charge in [0.2, 0.25) is 0 Å². The maximum Gasteiger partial charge on any atom is 0.266 e. The molecule has 7 nitrogen and oxygen atoms in total. The van der Waals surface area contributed by atoms with Gasteiger partial charge in [-0.05, 0) is 50.3 Å². The third-order valence-electron chi connectivity index (χ3n) is 7.03. The van der Waals surface area contributed by atoms with E-state index in [0.717, 1.165) is 62.9 Å². The standard InChI is InChI=1S/C25H27N3O4S/c1-15-20-23(27-19-8-4-2-7-13-28(19)24(20)30)33-21(15)22(29)26-16-9-10-17-18(14-16)32-25(31-17)11-5-3-6-12-25/h9-10,14H,2-8,11-13H2,1H3,(H,26,29). The van der Waals surface area contributed by atoms with E-state index < -0.39 is 5.79 Å². The third kappa shape index (κ3) is 3.51. The molecular weight excluding hydrogens is 438 g/mol. The molecule has 2 aliphatic heterocycles. The van der Waals surface area contributed by atoms with Crippen molar-refractivity contribution < 1.29 is 14.3 Å². The minimum Gasteiger partial charge on any atom is -0.448 e. The van der Waals surface area contributed by atoms with Crippen molar-refractivity contribution in [3.8, 4) is 11.5 Å². The first-order valence-corrected chi connectivity index (χ1v) is 12.7. The number of fused-ring (bicyclic) bond motifs is 3. The fourth-order valence-electron chi connectivity index (χ4n) is 5.28. The summed E-state index contributed by atoms with van der Waals surface area (Å²) in [5.74, 6) is 1.46. The number of aromatic nitrogens is 2. The lowest BCUT2D eigenvalue weighted by atomic mass is 9.94. The van der Waals surface area contributed by atoms with E-state index >= 15 is 0 Å². The van der Waals surface area contributed by atoms with E-state index in [0.29, 0.717) is 38.6 Å². The van der Waals surface area contributed by atoms with Gasteiger partial charge >= 0.3 is 0 Å². The molecule has 4 heterocycles. The van der Waals surface area contributed by atoms with Crippen LogP contribution in [0.4, 0.5) is 5.69 Å². The number of nitrogens with one attached hydrogen (secondary N) is 1. The zero-order valence-corrected chi connectivity index (χ0v) is 19.6. The number of rotatable bonds is 2. The van der Waals surface area contributed by atoms with Crippen LogP contribution in [0, 0.1) is 6.92 Å². The maximum atomic E-state index is 13.2. The van der Waals surface area contributed by atoms with E-state index in [9.17, 15) is 9.59 Å². The minimum atomic E-state index is -0.545. The van der Waals surface area contributed by atoms with Crippen LogP contribution in [-0.2, 0) is 13.0 Å². The van der Waals surface area contributed by atoms with Gasteiger partial charge in [-0.15, -0.1) is 11.3 Å². The number of ether oxygens (including phenoxy) is 2. The molecule has 1 amide bonds. The summed E-state index contributed by atoms with van der Waals surface area (Å²) in [4.78, 5) is 32.3. The molecule has 6 rings (SSSR count). The molecule has 3 aromatic rings. The van der Waals surface area contributed by atoms with Crippen molar-refractivity contribution in [3.05, 3.63) is 44.8 Å². The molecule has 2 aromatic heterocycles. The number of benzene rings is 1. The third-order valence-corrected chi connectivity index (χ3v) is 8.21. The number of amides is 1. The minimum absolute atomic E-state index is 0.0226. The van der Waals surface area contributed by atoms with Gasteiger partial charge in [0.1, 0.15) is 10.7 Å². The first-order valence-electron chi connectivity index (χ1n) is 11.9. The molecule has 8 heteroatoms. The molecule has 0 saturated heterocycles. The second-order valence-electron chi connectivity index (χ2n) is 9.32. The highest BCUT2D eigenvalue weighted by molar-refractivity contribution is 7.20. The van der Waals surface area contributed by atoms with Crippen LogP contribution in [0.1, 0.15) is 72.4 Å². The molecule has 1 aromatic carbocycles. The normalized spacial score (nSPS) is 18.8. The summed E-state index contributed by atoms with van der Waals surface area (Å²) in [5.41, 5.74) is 1.32. The van der Waals surface area contributed by atoms with E-state index in [1.807, 2.05) is 25.1 Å². The SMILES string of the molecule is Cc1c(C(=O)Nc2ccc3c(c2)OC2(CCCCC2)O3)sc2nc3n(c(=O)c12)CCCCC3. The Morgan fingerprint density at radius 1 is 1.09 bits per heavy atom. The molecule has 1 saturated carbocycles. The number of hydrogen-bond donors (Lipinski definition) is 1. The predicted molar refractivity (Wildman–Crippen MR) is 128 cm³/mol. The highest BCUT2D eigenvalue weighted by Gasteiger charge is 2.42. The number of aryl methyl sites for hydroxylation is 2. The molecule has 172 valence electrons. The van der Waals surface area contributed by atoms with Gasteiger partial charge in [-0.3, -0.25) is 14.2 Å². The Hall–Kier alpha value is -2.87. The van der Waals surface area contributed by atoms with Crippen LogP contribution in [0.2, 0.25) is 0 Å². The maximum absolute atomic E-state index is 13.2. The Morgan fingerprint density at radius 3 is 2.73 bits per heavy atom. The number of carbonyl (C=O) groups excluding carboxylic acids is 1. The highest BCUT2D eigenvalue weighted by atomic mass is 32.1. The van der Waals surface area contributed by atoms with Crippen molar-refractivity contribution in [2.24, 2.45) is 0 Å². The zero-order chi connectivity index (χ0) is 22.6. The quantitative estimate of drug-likeness (QED) is 0.564. The first-order chi connectivity index (χ1) is 16.0. The molecule has 0 radical (unpaired) electrons. The van der Waals surface area contributed by atoms with E-state index in [4.69, 9.17) is 14.5 Å². The molecule has 1 fully saturated rings. The summed E-state index contributed by atoms with van der Waals surface area (Å²) in [6.45, 7) is 2.54. The van der Waals surface area contributed by atoms with Crippen molar-refractivity contribution in [2.45, 2.75) is 77.0 Å². The zero-order valence-electron chi connectivity index (χ0n) is 18.7. The van der Waals surface area contributed by atoms with Crippen molar-refractivity contribution in [1.29, 1.82) is 0 Å². The largest absolute Gasteiger partial charge is 0.448 e. The Morgan fingerprint density at radius 2 is 1.88 bits per heavy atom. The fourth-order valence-corrected chi connectivity index (χ4v) is 6.37. The van der Waals surface area contributed by atoms with Gasteiger partial charge in [0.25, 0.3) is 17.3 Å². The molecule has 33 heavy (non-hydrogen) atoms. The van der Waals surface area contributed by atoms with Crippen molar-refractivity contribution in [1.82, 2.24) is 9.55 Å². The summed E-state index contributed by atoms with van der Waals surface area (Å²) in [6, 6.07) is 5.52. The van der Waals surface area contributed by atoms with Gasteiger partial charge in [-0.2, -0.15) is 0 Å². The van der Waals surface area contributed by atoms with Crippen LogP contribution in [0.3, 0.4) is 0 Å². The van der Waals surface area contributed by atoms with Crippen molar-refractivity contribution >= 4 is 33.1 Å². The molecule has 0 unspecified atom stereocenters. The van der Waals surface area contributed by atoms with Gasteiger partial charge in [0.15, 0.2) is 11.5 Å². The number of hydrogen-bond acceptors (Lipinski definition) is 6. The summed E-state index contributed by atoms with van der Waals surface area (Å²) in [5, 5.41) is 3.55. The van der Waals surface area contributed by atoms with Crippen LogP contribution < -0.4 is 20.3 Å². The molecule has 3 aliphatic rings. The smallest absolute Gasteiger partial charge is 0.266 e. The summed E-state index contributed by atoms with van der Waals surface area (Å²) >= 11 is 1.30. The molecule has 0 bridgehead atoms. The van der Waals surface area contributed by atoms with Gasteiger partial charge in [-0.25, -0.2) is 4.98 Å². The molecular formula is C25H27N3O4S. The second kappa shape index (κ2) is 7.87. The van der Waals surface area contributed by atoms with Crippen LogP contribution in [0.25, 0.3) is 10.2 Å². The lowest BCUT2D eigenvalue weighted by Crippen LogP contribution is -2.40. The fraction of sp³-hybridized carbons (Fsp3) is 0.480. The van der Waals surface area contributed by atoms with Gasteiger partial charge in [-0.1, -0.05) is 12.8 Å². The Balaban J connectivity index is 1.28. The molecule has 1 N–H and O–H groups in total. The number of anilines is 1. The average Bonchev–Trinajstić information content (AvgIpc) is 3.20. The molecule has 0 atom stereocenters. The van der Waals surface area contributed by atoms with Crippen molar-refractivity contribution in [2.75, 3.05) is 5.32 Å². The van der Waals surface area contributed by atoms with E-state index in [1.54, 1.807) is 4.57 Å². The number of nitrogens with zero attached hydrogens (tertiary/aromatic N) is 2. The summed E-state index contributed by atoms with van der Waals surface area (Å²) in [6.07, 6.45) is 9.13. The van der Waals surface area contributed by atoms with Gasteiger partial charge in [0.05, 0.1) is 10.3 Å². The predicted octanol–water partition coefficient (Wildman–Crippen LogP) is 5.18. The Bertz CT molecular complexity index is 1320. The van der Waals surface area contributed by atoms with Gasteiger partial charge < -0.3 is 14.8 Å². The molecule has 1 spiro atoms. The van der Waals surface area contributed by atoms with Crippen molar-refractivity contribution in [3.63, 3.8) is 0 Å². The average molecular weight is 466 g/mol. The van der Waals surface area contributed by atoms with E-state index in [1.165, 1.54) is 17.8 Å².